The highest BCUT2D eigenvalue weighted by atomic mass is 35.5. The summed E-state index contributed by atoms with van der Waals surface area (Å²) < 4.78 is 28.7. The molecule has 1 aliphatic rings. The van der Waals surface area contributed by atoms with Crippen molar-refractivity contribution < 1.29 is 43.3 Å². The van der Waals surface area contributed by atoms with Gasteiger partial charge in [0.15, 0.2) is 5.75 Å². The number of hydrogen-bond acceptors (Lipinski definition) is 7. The molecule has 5 rings (SSSR count). The van der Waals surface area contributed by atoms with Crippen molar-refractivity contribution in [2.24, 2.45) is 0 Å². The first-order chi connectivity index (χ1) is 23.9. The fraction of sp³-hybridized carbons (Fsp3) is 0.286. The topological polar surface area (TPSA) is 160 Å². The maximum absolute atomic E-state index is 15.2. The Bertz CT molecular complexity index is 1910. The van der Waals surface area contributed by atoms with E-state index in [2.05, 4.69) is 10.4 Å². The van der Waals surface area contributed by atoms with Crippen LogP contribution in [0, 0.1) is 12.7 Å². The van der Waals surface area contributed by atoms with Gasteiger partial charge < -0.3 is 29.9 Å². The van der Waals surface area contributed by atoms with Gasteiger partial charge in [0.2, 0.25) is 5.91 Å². The van der Waals surface area contributed by atoms with E-state index >= 15 is 4.39 Å². The van der Waals surface area contributed by atoms with E-state index in [0.29, 0.717) is 65.9 Å². The van der Waals surface area contributed by atoms with Crippen LogP contribution >= 0.6 is 23.2 Å². The van der Waals surface area contributed by atoms with Crippen LogP contribution in [0.5, 0.6) is 11.5 Å². The number of aromatic nitrogens is 2. The van der Waals surface area contributed by atoms with Crippen molar-refractivity contribution in [1.82, 2.24) is 15.1 Å². The minimum absolute atomic E-state index is 0.0209. The van der Waals surface area contributed by atoms with Crippen LogP contribution in [0.2, 0.25) is 10.0 Å². The molecule has 3 aromatic carbocycles. The molecule has 12 nitrogen and oxygen atoms in total. The Morgan fingerprint density at radius 3 is 2.62 bits per heavy atom. The number of hydrogen-bond donors (Lipinski definition) is 3. The number of carboxylic acid groups (broad SMARTS) is 2. The van der Waals surface area contributed by atoms with Crippen molar-refractivity contribution in [1.29, 1.82) is 0 Å². The summed E-state index contributed by atoms with van der Waals surface area (Å²) in [5.41, 5.74) is 2.54. The molecule has 2 amide bonds. The summed E-state index contributed by atoms with van der Waals surface area (Å²) in [5.74, 6) is -3.69. The van der Waals surface area contributed by atoms with Crippen LogP contribution in [-0.4, -0.2) is 69.5 Å². The van der Waals surface area contributed by atoms with Crippen molar-refractivity contribution in [3.05, 3.63) is 93.5 Å². The van der Waals surface area contributed by atoms with Gasteiger partial charge in [-0.05, 0) is 50.1 Å². The van der Waals surface area contributed by atoms with Gasteiger partial charge >= 0.3 is 11.9 Å². The molecule has 0 saturated carbocycles. The predicted octanol–water partition coefficient (Wildman–Crippen LogP) is 5.99. The minimum Gasteiger partial charge on any atom is -0.493 e. The van der Waals surface area contributed by atoms with Gasteiger partial charge in [-0.3, -0.25) is 19.1 Å². The van der Waals surface area contributed by atoms with E-state index in [1.165, 1.54) is 10.7 Å². The molecule has 50 heavy (non-hydrogen) atoms. The van der Waals surface area contributed by atoms with Crippen LogP contribution < -0.4 is 19.7 Å². The Hall–Kier alpha value is -5.14. The minimum atomic E-state index is -1.71. The van der Waals surface area contributed by atoms with Crippen LogP contribution in [0.25, 0.3) is 11.1 Å². The molecule has 1 aliphatic heterocycles. The van der Waals surface area contributed by atoms with Crippen LogP contribution in [0.3, 0.4) is 0 Å². The number of nitrogens with zero attached hydrogens (tertiary/aromatic N) is 3. The van der Waals surface area contributed by atoms with Crippen LogP contribution in [0.1, 0.15) is 47.2 Å². The number of fused-ring (bicyclic) bond motifs is 1. The number of para-hydroxylation sites is 1. The molecule has 0 radical (unpaired) electrons. The van der Waals surface area contributed by atoms with Crippen molar-refractivity contribution in [3.8, 4) is 22.6 Å². The van der Waals surface area contributed by atoms with Gasteiger partial charge in [0, 0.05) is 57.0 Å². The van der Waals surface area contributed by atoms with Crippen molar-refractivity contribution in [3.63, 3.8) is 0 Å². The molecule has 2 heterocycles. The number of carboxylic acids is 2. The predicted molar refractivity (Wildman–Crippen MR) is 183 cm³/mol. The lowest BCUT2D eigenvalue weighted by Gasteiger charge is -2.23. The summed E-state index contributed by atoms with van der Waals surface area (Å²) in [5, 5.41) is 25.0. The van der Waals surface area contributed by atoms with Crippen molar-refractivity contribution in [2.45, 2.75) is 45.2 Å². The van der Waals surface area contributed by atoms with Gasteiger partial charge in [-0.15, -0.1) is 0 Å². The van der Waals surface area contributed by atoms with Crippen LogP contribution in [-0.2, 0) is 20.9 Å². The summed E-state index contributed by atoms with van der Waals surface area (Å²) in [6, 6.07) is 11.3. The average molecular weight is 728 g/mol. The van der Waals surface area contributed by atoms with E-state index in [0.717, 1.165) is 11.6 Å². The van der Waals surface area contributed by atoms with Crippen LogP contribution in [0.4, 0.5) is 10.1 Å². The second-order valence-electron chi connectivity index (χ2n) is 11.5. The Kier molecular flexibility index (Phi) is 11.6. The Labute approximate surface area is 296 Å². The molecule has 1 aromatic heterocycles. The molecule has 1 atom stereocenters. The zero-order chi connectivity index (χ0) is 35.9. The van der Waals surface area contributed by atoms with E-state index in [-0.39, 0.29) is 35.0 Å². The first kappa shape index (κ1) is 36.1. The lowest BCUT2D eigenvalue weighted by Crippen LogP contribution is -2.42. The molecular formula is C35H33Cl2FN4O8. The molecule has 15 heteroatoms. The highest BCUT2D eigenvalue weighted by Gasteiger charge is 2.26. The van der Waals surface area contributed by atoms with Crippen LogP contribution in [0.15, 0.2) is 60.9 Å². The second kappa shape index (κ2) is 16.0. The number of rotatable bonds is 13. The summed E-state index contributed by atoms with van der Waals surface area (Å²) in [7, 11) is 0. The maximum atomic E-state index is 15.2. The Morgan fingerprint density at radius 2 is 1.88 bits per heavy atom. The number of anilines is 1. The first-order valence-corrected chi connectivity index (χ1v) is 16.4. The van der Waals surface area contributed by atoms with Gasteiger partial charge in [0.1, 0.15) is 17.6 Å². The van der Waals surface area contributed by atoms with Gasteiger partial charge in [0.25, 0.3) is 5.91 Å². The second-order valence-corrected chi connectivity index (χ2v) is 12.3. The maximum Gasteiger partial charge on any atom is 0.326 e. The number of carbonyl (C=O) groups is 4. The third kappa shape index (κ3) is 8.52. The third-order valence-corrected chi connectivity index (χ3v) is 8.77. The van der Waals surface area contributed by atoms with E-state index in [9.17, 15) is 24.3 Å². The summed E-state index contributed by atoms with van der Waals surface area (Å²) >= 11 is 12.5. The van der Waals surface area contributed by atoms with E-state index in [1.54, 1.807) is 23.4 Å². The van der Waals surface area contributed by atoms with Gasteiger partial charge in [-0.25, -0.2) is 9.18 Å². The summed E-state index contributed by atoms with van der Waals surface area (Å²) in [6.45, 7) is 2.98. The molecule has 0 aliphatic carbocycles. The fourth-order valence-corrected chi connectivity index (χ4v) is 5.86. The van der Waals surface area contributed by atoms with Crippen molar-refractivity contribution >= 4 is 52.6 Å². The van der Waals surface area contributed by atoms with E-state index in [1.807, 2.05) is 37.3 Å². The molecule has 0 bridgehead atoms. The van der Waals surface area contributed by atoms with E-state index < -0.39 is 36.1 Å². The van der Waals surface area contributed by atoms with Gasteiger partial charge in [0.05, 0.1) is 38.1 Å². The average Bonchev–Trinajstić information content (AvgIpc) is 3.43. The largest absolute Gasteiger partial charge is 0.493 e. The highest BCUT2D eigenvalue weighted by molar-refractivity contribution is 6.32. The smallest absolute Gasteiger partial charge is 0.326 e. The number of benzene rings is 3. The fourth-order valence-electron chi connectivity index (χ4n) is 5.43. The zero-order valence-electron chi connectivity index (χ0n) is 26.8. The molecular weight excluding hydrogens is 694 g/mol. The summed E-state index contributed by atoms with van der Waals surface area (Å²) in [4.78, 5) is 50.0. The molecule has 0 unspecified atom stereocenters. The first-order valence-electron chi connectivity index (χ1n) is 15.6. The SMILES string of the molecule is Cc1c(Cl)cccc1OCCCC(=O)N1CCCOc2c(-c3cnn(Cc4c(F)cc(C(=O)N[C@H](CC(=O)O)C(=O)O)cc4Cl)c3)cccc21. The van der Waals surface area contributed by atoms with Gasteiger partial charge in [-0.2, -0.15) is 5.10 Å². The third-order valence-electron chi connectivity index (χ3n) is 8.02. The Balaban J connectivity index is 1.28. The lowest BCUT2D eigenvalue weighted by atomic mass is 10.1. The monoisotopic (exact) mass is 726 g/mol. The number of nitrogens with one attached hydrogen (secondary N) is 1. The van der Waals surface area contributed by atoms with E-state index in [4.69, 9.17) is 37.8 Å². The normalized spacial score (nSPS) is 13.1. The highest BCUT2D eigenvalue weighted by Crippen LogP contribution is 2.40. The number of ether oxygens (including phenoxy) is 2. The zero-order valence-corrected chi connectivity index (χ0v) is 28.3. The number of carbonyl (C=O) groups excluding carboxylic acids is 2. The molecule has 0 saturated heterocycles. The number of amides is 2. The van der Waals surface area contributed by atoms with Gasteiger partial charge in [-0.1, -0.05) is 41.4 Å². The quantitative estimate of drug-likeness (QED) is 0.141. The standard InChI is InChI=1S/C35H33Cl2FN4O8/c1-20-25(36)7-3-9-30(20)49-12-4-10-31(43)42-11-5-13-50-33-23(6-2-8-29(33)42)22-17-39-41(18-22)19-24-26(37)14-21(15-27(24)38)34(46)40-28(35(47)48)16-32(44)45/h2-3,6-9,14-15,17-18,28H,4-5,10-13,16,19H2,1H3,(H,40,46)(H,44,45)(H,47,48)/t28-/m1/s1. The molecule has 0 spiro atoms. The van der Waals surface area contributed by atoms with Crippen molar-refractivity contribution in [2.75, 3.05) is 24.7 Å². The summed E-state index contributed by atoms with van der Waals surface area (Å²) in [6.07, 6.45) is 3.78. The molecule has 0 fully saturated rings. The molecule has 3 N–H and O–H groups in total. The molecule has 4 aromatic rings. The Morgan fingerprint density at radius 1 is 1.10 bits per heavy atom. The number of aliphatic carboxylic acids is 2. The molecule has 262 valence electrons. The lowest BCUT2D eigenvalue weighted by molar-refractivity contribution is -0.145. The number of halogens is 3.